The fourth-order valence-electron chi connectivity index (χ4n) is 3.49. The molecule has 164 valence electrons. The lowest BCUT2D eigenvalue weighted by Crippen LogP contribution is -2.31. The smallest absolute Gasteiger partial charge is 0.407 e. The molecule has 1 aliphatic carbocycles. The largest absolute Gasteiger partial charge is 0.465 e. The summed E-state index contributed by atoms with van der Waals surface area (Å²) in [7, 11) is 1.81. The summed E-state index contributed by atoms with van der Waals surface area (Å²) in [5, 5.41) is 19.7. The standard InChI is InChI=1S/C22H21N5O4S/c1-27-13-14(12-25-27)11-24-22(29)31-16-4-6-17-18(10-23)21(32-19(17)9-16)26-20(28)7-5-15-3-2-8-30-15/h2-3,5,7-8,12-13,16H,4,6,9,11H2,1H3,(H,24,29)(H,26,28). The van der Waals surface area contributed by atoms with Gasteiger partial charge in [0, 0.05) is 42.7 Å². The van der Waals surface area contributed by atoms with Crippen LogP contribution in [-0.4, -0.2) is 27.9 Å². The Morgan fingerprint density at radius 2 is 2.38 bits per heavy atom. The fraction of sp³-hybridized carbons (Fsp3) is 0.273. The number of aryl methyl sites for hydroxylation is 1. The van der Waals surface area contributed by atoms with E-state index >= 15 is 0 Å². The molecule has 4 rings (SSSR count). The minimum absolute atomic E-state index is 0.288. The van der Waals surface area contributed by atoms with Gasteiger partial charge in [-0.05, 0) is 36.6 Å². The Morgan fingerprint density at radius 1 is 1.50 bits per heavy atom. The van der Waals surface area contributed by atoms with Gasteiger partial charge in [0.2, 0.25) is 5.91 Å². The predicted octanol–water partition coefficient (Wildman–Crippen LogP) is 3.38. The molecule has 0 bridgehead atoms. The third kappa shape index (κ3) is 5.07. The van der Waals surface area contributed by atoms with Gasteiger partial charge < -0.3 is 19.8 Å². The van der Waals surface area contributed by atoms with Gasteiger partial charge in [-0.3, -0.25) is 9.48 Å². The molecule has 0 aromatic carbocycles. The zero-order valence-corrected chi connectivity index (χ0v) is 18.1. The molecule has 2 amide bonds. The zero-order chi connectivity index (χ0) is 22.5. The van der Waals surface area contributed by atoms with E-state index in [0.29, 0.717) is 42.1 Å². The first-order chi connectivity index (χ1) is 15.5. The van der Waals surface area contributed by atoms with Gasteiger partial charge >= 0.3 is 6.09 Å². The Balaban J connectivity index is 1.35. The molecular weight excluding hydrogens is 430 g/mol. The third-order valence-electron chi connectivity index (χ3n) is 4.98. The Labute approximate surface area is 188 Å². The van der Waals surface area contributed by atoms with Crippen molar-refractivity contribution < 1.29 is 18.7 Å². The molecule has 10 heteroatoms. The quantitative estimate of drug-likeness (QED) is 0.554. The Hall–Kier alpha value is -3.84. The van der Waals surface area contributed by atoms with Crippen molar-refractivity contribution in [1.82, 2.24) is 15.1 Å². The number of furan rings is 1. The van der Waals surface area contributed by atoms with Gasteiger partial charge in [-0.25, -0.2) is 4.79 Å². The Morgan fingerprint density at radius 3 is 3.09 bits per heavy atom. The molecule has 32 heavy (non-hydrogen) atoms. The summed E-state index contributed by atoms with van der Waals surface area (Å²) in [6.07, 6.45) is 8.89. The molecule has 3 aromatic heterocycles. The number of carbonyl (C=O) groups is 2. The van der Waals surface area contributed by atoms with E-state index in [4.69, 9.17) is 9.15 Å². The van der Waals surface area contributed by atoms with Crippen molar-refractivity contribution >= 4 is 34.4 Å². The summed E-state index contributed by atoms with van der Waals surface area (Å²) in [5.74, 6) is 0.215. The summed E-state index contributed by atoms with van der Waals surface area (Å²) in [6.45, 7) is 0.337. The molecule has 3 aromatic rings. The number of aromatic nitrogens is 2. The van der Waals surface area contributed by atoms with Gasteiger partial charge in [0.25, 0.3) is 0 Å². The average Bonchev–Trinajstić information content (AvgIpc) is 3.50. The highest BCUT2D eigenvalue weighted by Crippen LogP contribution is 2.38. The van der Waals surface area contributed by atoms with Crippen molar-refractivity contribution in [2.45, 2.75) is 31.9 Å². The molecule has 1 atom stereocenters. The van der Waals surface area contributed by atoms with Gasteiger partial charge in [-0.2, -0.15) is 10.4 Å². The minimum atomic E-state index is -0.490. The van der Waals surface area contributed by atoms with Gasteiger partial charge in [0.1, 0.15) is 22.9 Å². The second kappa shape index (κ2) is 9.53. The molecule has 1 unspecified atom stereocenters. The van der Waals surface area contributed by atoms with Gasteiger partial charge in [0.05, 0.1) is 18.0 Å². The van der Waals surface area contributed by atoms with Crippen LogP contribution >= 0.6 is 11.3 Å². The van der Waals surface area contributed by atoms with Crippen LogP contribution in [0.5, 0.6) is 0 Å². The second-order valence-corrected chi connectivity index (χ2v) is 8.41. The molecule has 0 fully saturated rings. The molecule has 9 nitrogen and oxygen atoms in total. The predicted molar refractivity (Wildman–Crippen MR) is 118 cm³/mol. The van der Waals surface area contributed by atoms with Crippen molar-refractivity contribution in [3.05, 3.63) is 64.2 Å². The highest BCUT2D eigenvalue weighted by Gasteiger charge is 2.28. The number of ether oxygens (including phenoxy) is 1. The molecule has 1 aliphatic rings. The van der Waals surface area contributed by atoms with Crippen LogP contribution in [0.3, 0.4) is 0 Å². The molecule has 3 heterocycles. The molecular formula is C22H21N5O4S. The number of nitriles is 1. The first-order valence-corrected chi connectivity index (χ1v) is 10.8. The summed E-state index contributed by atoms with van der Waals surface area (Å²) in [6, 6.07) is 5.67. The molecule has 0 spiro atoms. The van der Waals surface area contributed by atoms with Crippen molar-refractivity contribution in [1.29, 1.82) is 5.26 Å². The maximum absolute atomic E-state index is 12.3. The van der Waals surface area contributed by atoms with E-state index in [1.54, 1.807) is 29.1 Å². The molecule has 2 N–H and O–H groups in total. The van der Waals surface area contributed by atoms with Crippen LogP contribution in [0.2, 0.25) is 0 Å². The number of amides is 2. The van der Waals surface area contributed by atoms with Crippen LogP contribution in [0.4, 0.5) is 9.80 Å². The van der Waals surface area contributed by atoms with Crippen LogP contribution in [-0.2, 0) is 36.0 Å². The van der Waals surface area contributed by atoms with Crippen molar-refractivity contribution in [3.8, 4) is 6.07 Å². The monoisotopic (exact) mass is 451 g/mol. The van der Waals surface area contributed by atoms with E-state index < -0.39 is 6.09 Å². The van der Waals surface area contributed by atoms with Crippen LogP contribution in [0.15, 0.2) is 41.3 Å². The van der Waals surface area contributed by atoms with Gasteiger partial charge in [0.15, 0.2) is 0 Å². The van der Waals surface area contributed by atoms with E-state index in [1.165, 1.54) is 23.7 Å². The lowest BCUT2D eigenvalue weighted by Gasteiger charge is -2.22. The number of nitrogens with one attached hydrogen (secondary N) is 2. The first-order valence-electron chi connectivity index (χ1n) is 10.0. The molecule has 0 radical (unpaired) electrons. The summed E-state index contributed by atoms with van der Waals surface area (Å²) >= 11 is 1.35. The average molecular weight is 452 g/mol. The van der Waals surface area contributed by atoms with Crippen molar-refractivity contribution in [2.75, 3.05) is 5.32 Å². The number of alkyl carbamates (subject to hydrolysis) is 1. The maximum atomic E-state index is 12.3. The number of hydrogen-bond donors (Lipinski definition) is 2. The van der Waals surface area contributed by atoms with Crippen molar-refractivity contribution in [2.24, 2.45) is 7.05 Å². The zero-order valence-electron chi connectivity index (χ0n) is 17.3. The normalized spacial score (nSPS) is 15.2. The summed E-state index contributed by atoms with van der Waals surface area (Å²) in [4.78, 5) is 25.4. The van der Waals surface area contributed by atoms with E-state index in [0.717, 1.165) is 16.0 Å². The Bertz CT molecular complexity index is 1190. The second-order valence-electron chi connectivity index (χ2n) is 7.30. The number of fused-ring (bicyclic) bond motifs is 1. The van der Waals surface area contributed by atoms with Crippen LogP contribution < -0.4 is 10.6 Å². The lowest BCUT2D eigenvalue weighted by molar-refractivity contribution is -0.111. The minimum Gasteiger partial charge on any atom is -0.465 e. The Kier molecular flexibility index (Phi) is 6.37. The van der Waals surface area contributed by atoms with Gasteiger partial charge in [-0.15, -0.1) is 11.3 Å². The number of anilines is 1. The lowest BCUT2D eigenvalue weighted by atomic mass is 9.94. The van der Waals surface area contributed by atoms with E-state index in [1.807, 2.05) is 13.2 Å². The van der Waals surface area contributed by atoms with Crippen LogP contribution in [0.25, 0.3) is 6.08 Å². The number of hydrogen-bond acceptors (Lipinski definition) is 7. The van der Waals surface area contributed by atoms with E-state index in [-0.39, 0.29) is 12.0 Å². The summed E-state index contributed by atoms with van der Waals surface area (Å²) in [5.41, 5.74) is 2.27. The number of thiophene rings is 1. The molecule has 0 aliphatic heterocycles. The van der Waals surface area contributed by atoms with Crippen molar-refractivity contribution in [3.63, 3.8) is 0 Å². The number of carbonyl (C=O) groups excluding carboxylic acids is 2. The topological polar surface area (TPSA) is 122 Å². The van der Waals surface area contributed by atoms with Gasteiger partial charge in [-0.1, -0.05) is 0 Å². The fourth-order valence-corrected chi connectivity index (χ4v) is 4.76. The third-order valence-corrected chi connectivity index (χ3v) is 6.15. The SMILES string of the molecule is Cn1cc(CNC(=O)OC2CCc3c(sc(NC(=O)C=Cc4ccco4)c3C#N)C2)cn1. The summed E-state index contributed by atoms with van der Waals surface area (Å²) < 4.78 is 12.4. The van der Waals surface area contributed by atoms with Crippen LogP contribution in [0, 0.1) is 11.3 Å². The number of nitrogens with zero attached hydrogens (tertiary/aromatic N) is 3. The number of rotatable bonds is 6. The van der Waals surface area contributed by atoms with E-state index in [2.05, 4.69) is 21.8 Å². The van der Waals surface area contributed by atoms with E-state index in [9.17, 15) is 14.9 Å². The first kappa shape index (κ1) is 21.4. The maximum Gasteiger partial charge on any atom is 0.407 e. The molecule has 0 saturated carbocycles. The molecule has 0 saturated heterocycles. The highest BCUT2D eigenvalue weighted by atomic mass is 32.1. The van der Waals surface area contributed by atoms with Crippen LogP contribution in [0.1, 0.15) is 33.7 Å². The highest BCUT2D eigenvalue weighted by molar-refractivity contribution is 7.16.